The van der Waals surface area contributed by atoms with Crippen LogP contribution < -0.4 is 10.2 Å². The minimum Gasteiger partial charge on any atom is -0.366 e. The van der Waals surface area contributed by atoms with E-state index < -0.39 is 0 Å². The molecule has 0 unspecified atom stereocenters. The summed E-state index contributed by atoms with van der Waals surface area (Å²) in [6, 6.07) is 10.8. The molecule has 3 rings (SSSR count). The Morgan fingerprint density at radius 3 is 2.87 bits per heavy atom. The van der Waals surface area contributed by atoms with Crippen LogP contribution in [0.25, 0.3) is 0 Å². The van der Waals surface area contributed by atoms with E-state index in [4.69, 9.17) is 0 Å². The van der Waals surface area contributed by atoms with Crippen molar-refractivity contribution >= 4 is 11.6 Å². The summed E-state index contributed by atoms with van der Waals surface area (Å²) in [6.45, 7) is 8.01. The minimum absolute atomic E-state index is 0.00975. The van der Waals surface area contributed by atoms with E-state index in [1.807, 2.05) is 19.9 Å². The zero-order chi connectivity index (χ0) is 16.4. The maximum Gasteiger partial charge on any atom is 0.241 e. The van der Waals surface area contributed by atoms with Crippen molar-refractivity contribution in [1.82, 2.24) is 15.1 Å². The Labute approximate surface area is 137 Å². The van der Waals surface area contributed by atoms with Crippen molar-refractivity contribution in [3.8, 4) is 0 Å². The number of carbonyl (C=O) groups excluding carboxylic acids is 1. The molecule has 2 aromatic rings. The van der Waals surface area contributed by atoms with Gasteiger partial charge in [0.2, 0.25) is 5.91 Å². The van der Waals surface area contributed by atoms with E-state index in [2.05, 4.69) is 46.5 Å². The smallest absolute Gasteiger partial charge is 0.241 e. The van der Waals surface area contributed by atoms with Crippen molar-refractivity contribution < 1.29 is 4.79 Å². The normalized spacial score (nSPS) is 14.7. The molecule has 0 saturated heterocycles. The Kier molecular flexibility index (Phi) is 4.37. The number of anilines is 1. The van der Waals surface area contributed by atoms with Gasteiger partial charge in [0.25, 0.3) is 0 Å². The van der Waals surface area contributed by atoms with Crippen LogP contribution >= 0.6 is 0 Å². The average molecular weight is 312 g/mol. The third-order valence-corrected chi connectivity index (χ3v) is 4.45. The van der Waals surface area contributed by atoms with Gasteiger partial charge in [0.1, 0.15) is 6.54 Å². The number of carbonyl (C=O) groups is 1. The second-order valence-electron chi connectivity index (χ2n) is 6.31. The molecule has 1 aliphatic rings. The molecule has 2 heterocycles. The molecule has 5 heteroatoms. The Balaban J connectivity index is 1.54. The molecule has 1 aromatic heterocycles. The van der Waals surface area contributed by atoms with Crippen molar-refractivity contribution in [3.63, 3.8) is 0 Å². The maximum atomic E-state index is 12.1. The van der Waals surface area contributed by atoms with Crippen LogP contribution in [0.2, 0.25) is 0 Å². The predicted molar refractivity (Wildman–Crippen MR) is 91.7 cm³/mol. The first-order chi connectivity index (χ1) is 11.0. The van der Waals surface area contributed by atoms with Crippen LogP contribution in [0, 0.1) is 13.8 Å². The largest absolute Gasteiger partial charge is 0.366 e. The summed E-state index contributed by atoms with van der Waals surface area (Å²) < 4.78 is 1.75. The summed E-state index contributed by atoms with van der Waals surface area (Å²) in [7, 11) is 0. The Morgan fingerprint density at radius 1 is 1.35 bits per heavy atom. The van der Waals surface area contributed by atoms with Crippen molar-refractivity contribution in [2.45, 2.75) is 39.8 Å². The van der Waals surface area contributed by atoms with E-state index in [0.29, 0.717) is 6.54 Å². The van der Waals surface area contributed by atoms with Crippen LogP contribution in [0.4, 0.5) is 5.69 Å². The van der Waals surface area contributed by atoms with Crippen LogP contribution in [0.3, 0.4) is 0 Å². The highest BCUT2D eigenvalue weighted by atomic mass is 16.2. The summed E-state index contributed by atoms with van der Waals surface area (Å²) in [4.78, 5) is 14.5. The molecule has 0 fully saturated rings. The topological polar surface area (TPSA) is 50.2 Å². The van der Waals surface area contributed by atoms with E-state index >= 15 is 0 Å². The Hall–Kier alpha value is -2.30. The van der Waals surface area contributed by atoms with Gasteiger partial charge in [-0.25, -0.2) is 0 Å². The number of amides is 1. The summed E-state index contributed by atoms with van der Waals surface area (Å²) in [5.74, 6) is 0.00975. The van der Waals surface area contributed by atoms with E-state index in [1.54, 1.807) is 4.68 Å². The molecule has 1 N–H and O–H groups in total. The molecule has 1 aromatic carbocycles. The number of benzene rings is 1. The molecule has 1 atom stereocenters. The molecular formula is C18H24N4O. The van der Waals surface area contributed by atoms with Gasteiger partial charge in [-0.05, 0) is 44.9 Å². The van der Waals surface area contributed by atoms with Crippen LogP contribution in [0.1, 0.15) is 23.9 Å². The third kappa shape index (κ3) is 3.38. The van der Waals surface area contributed by atoms with Crippen LogP contribution in [0.15, 0.2) is 30.3 Å². The molecule has 0 saturated carbocycles. The summed E-state index contributed by atoms with van der Waals surface area (Å²) >= 11 is 0. The highest BCUT2D eigenvalue weighted by Gasteiger charge is 2.23. The number of aryl methyl sites for hydroxylation is 2. The van der Waals surface area contributed by atoms with Crippen molar-refractivity contribution in [2.24, 2.45) is 0 Å². The highest BCUT2D eigenvalue weighted by Crippen LogP contribution is 2.28. The molecule has 122 valence electrons. The van der Waals surface area contributed by atoms with Crippen molar-refractivity contribution in [1.29, 1.82) is 0 Å². The molecule has 1 amide bonds. The van der Waals surface area contributed by atoms with Gasteiger partial charge >= 0.3 is 0 Å². The first-order valence-electron chi connectivity index (χ1n) is 8.17. The lowest BCUT2D eigenvalue weighted by atomic mass is 10.2. The van der Waals surface area contributed by atoms with Gasteiger partial charge in [0, 0.05) is 30.5 Å². The van der Waals surface area contributed by atoms with Gasteiger partial charge in [-0.2, -0.15) is 5.10 Å². The third-order valence-electron chi connectivity index (χ3n) is 4.45. The summed E-state index contributed by atoms with van der Waals surface area (Å²) in [5.41, 5.74) is 4.65. The molecule has 0 bridgehead atoms. The minimum atomic E-state index is 0.00975. The highest BCUT2D eigenvalue weighted by molar-refractivity contribution is 5.75. The lowest BCUT2D eigenvalue weighted by molar-refractivity contribution is -0.121. The van der Waals surface area contributed by atoms with E-state index in [9.17, 15) is 4.79 Å². The SMILES string of the molecule is Cc1cc(C)n(CC(=O)NC[C@H](C)N2CCc3ccccc32)n1. The second kappa shape index (κ2) is 6.44. The van der Waals surface area contributed by atoms with Gasteiger partial charge in [-0.3, -0.25) is 9.48 Å². The molecule has 5 nitrogen and oxygen atoms in total. The van der Waals surface area contributed by atoms with Crippen LogP contribution in [-0.4, -0.2) is 34.8 Å². The molecule has 23 heavy (non-hydrogen) atoms. The Morgan fingerprint density at radius 2 is 2.13 bits per heavy atom. The fraction of sp³-hybridized carbons (Fsp3) is 0.444. The number of nitrogens with zero attached hydrogens (tertiary/aromatic N) is 3. The first-order valence-corrected chi connectivity index (χ1v) is 8.17. The number of aromatic nitrogens is 2. The fourth-order valence-electron chi connectivity index (χ4n) is 3.22. The molecule has 0 radical (unpaired) electrons. The zero-order valence-electron chi connectivity index (χ0n) is 14.0. The average Bonchev–Trinajstić information content (AvgIpc) is 3.08. The zero-order valence-corrected chi connectivity index (χ0v) is 14.0. The second-order valence-corrected chi connectivity index (χ2v) is 6.31. The van der Waals surface area contributed by atoms with Gasteiger partial charge in [0.05, 0.1) is 5.69 Å². The van der Waals surface area contributed by atoms with E-state index in [0.717, 1.165) is 24.4 Å². The monoisotopic (exact) mass is 312 g/mol. The number of fused-ring (bicyclic) bond motifs is 1. The quantitative estimate of drug-likeness (QED) is 0.919. The van der Waals surface area contributed by atoms with Gasteiger partial charge in [-0.15, -0.1) is 0 Å². The van der Waals surface area contributed by atoms with Crippen molar-refractivity contribution in [3.05, 3.63) is 47.3 Å². The van der Waals surface area contributed by atoms with Gasteiger partial charge < -0.3 is 10.2 Å². The number of hydrogen-bond donors (Lipinski definition) is 1. The molecule has 0 aliphatic carbocycles. The number of hydrogen-bond acceptors (Lipinski definition) is 3. The van der Waals surface area contributed by atoms with Gasteiger partial charge in [-0.1, -0.05) is 18.2 Å². The van der Waals surface area contributed by atoms with Crippen LogP contribution in [-0.2, 0) is 17.8 Å². The van der Waals surface area contributed by atoms with Crippen molar-refractivity contribution in [2.75, 3.05) is 18.0 Å². The lowest BCUT2D eigenvalue weighted by Gasteiger charge is -2.27. The predicted octanol–water partition coefficient (Wildman–Crippen LogP) is 2.07. The number of para-hydroxylation sites is 1. The van der Waals surface area contributed by atoms with E-state index in [-0.39, 0.29) is 18.5 Å². The molecule has 0 spiro atoms. The fourth-order valence-corrected chi connectivity index (χ4v) is 3.22. The molecule has 1 aliphatic heterocycles. The Bertz CT molecular complexity index is 707. The van der Waals surface area contributed by atoms with Gasteiger partial charge in [0.15, 0.2) is 0 Å². The molecular weight excluding hydrogens is 288 g/mol. The lowest BCUT2D eigenvalue weighted by Crippen LogP contribution is -2.42. The standard InChI is InChI=1S/C18H24N4O/c1-13-10-14(2)22(20-13)12-18(23)19-11-15(3)21-9-8-16-6-4-5-7-17(16)21/h4-7,10,15H,8-9,11-12H2,1-3H3,(H,19,23)/t15-/m0/s1. The number of rotatable bonds is 5. The summed E-state index contributed by atoms with van der Waals surface area (Å²) in [5, 5.41) is 7.36. The number of nitrogens with one attached hydrogen (secondary N) is 1. The van der Waals surface area contributed by atoms with E-state index in [1.165, 1.54) is 11.3 Å². The summed E-state index contributed by atoms with van der Waals surface area (Å²) in [6.07, 6.45) is 1.08. The first kappa shape index (κ1) is 15.6. The van der Waals surface area contributed by atoms with Crippen LogP contribution in [0.5, 0.6) is 0 Å². The maximum absolute atomic E-state index is 12.1.